The topological polar surface area (TPSA) is 23.5 Å². The van der Waals surface area contributed by atoms with Crippen LogP contribution in [0.15, 0.2) is 11.7 Å². The van der Waals surface area contributed by atoms with Gasteiger partial charge in [0.05, 0.1) is 6.61 Å². The molecule has 1 heterocycles. The van der Waals surface area contributed by atoms with Crippen LogP contribution in [0.2, 0.25) is 0 Å². The lowest BCUT2D eigenvalue weighted by Gasteiger charge is -2.32. The van der Waals surface area contributed by atoms with Crippen molar-refractivity contribution in [2.24, 2.45) is 0 Å². The normalized spacial score (nSPS) is 26.2. The van der Waals surface area contributed by atoms with Crippen molar-refractivity contribution in [3.05, 3.63) is 11.7 Å². The summed E-state index contributed by atoms with van der Waals surface area (Å²) in [7, 11) is 1.77. The van der Waals surface area contributed by atoms with Gasteiger partial charge < -0.3 is 5.11 Å². The average Bonchev–Trinajstić information content (AvgIpc) is 2.59. The molecule has 90 valence electrons. The van der Waals surface area contributed by atoms with E-state index >= 15 is 0 Å². The fourth-order valence-corrected chi connectivity index (χ4v) is 1.85. The molecule has 0 aromatic carbocycles. The van der Waals surface area contributed by atoms with E-state index in [1.54, 1.807) is 7.05 Å². The summed E-state index contributed by atoms with van der Waals surface area (Å²) in [5.41, 5.74) is -0.294. The molecule has 0 aromatic heterocycles. The monoisotopic (exact) mass is 221 g/mol. The van der Waals surface area contributed by atoms with Crippen LogP contribution < -0.4 is 0 Å². The fourth-order valence-electron chi connectivity index (χ4n) is 1.85. The molecule has 0 spiro atoms. The third kappa shape index (κ3) is 2.98. The van der Waals surface area contributed by atoms with Crippen LogP contribution in [0.5, 0.6) is 0 Å². The minimum atomic E-state index is -1.59. The standard InChI is InChI=1S/C9H15F2NO.C2H6/c1-3-9(6-13)4-7(8(10)11)5-12(9)2;1-2/h13H,3-6H2,1-2H3;1-2H3. The lowest BCUT2D eigenvalue weighted by Crippen LogP contribution is -2.43. The van der Waals surface area contributed by atoms with E-state index in [1.807, 2.05) is 25.7 Å². The molecule has 1 unspecified atom stereocenters. The summed E-state index contributed by atoms with van der Waals surface area (Å²) in [5, 5.41) is 9.18. The van der Waals surface area contributed by atoms with Crippen LogP contribution in [-0.4, -0.2) is 35.7 Å². The van der Waals surface area contributed by atoms with Gasteiger partial charge in [-0.15, -0.1) is 0 Å². The van der Waals surface area contributed by atoms with Crippen LogP contribution in [-0.2, 0) is 0 Å². The minimum absolute atomic E-state index is 0.0588. The average molecular weight is 221 g/mol. The number of likely N-dealkylation sites (tertiary alicyclic amines) is 1. The van der Waals surface area contributed by atoms with Gasteiger partial charge in [-0.2, -0.15) is 8.78 Å². The van der Waals surface area contributed by atoms with Crippen LogP contribution in [0.4, 0.5) is 8.78 Å². The molecule has 1 fully saturated rings. The van der Waals surface area contributed by atoms with Crippen LogP contribution in [0.3, 0.4) is 0 Å². The zero-order valence-corrected chi connectivity index (χ0v) is 9.98. The zero-order chi connectivity index (χ0) is 12.1. The summed E-state index contributed by atoms with van der Waals surface area (Å²) in [6.45, 7) is 6.12. The van der Waals surface area contributed by atoms with E-state index in [-0.39, 0.29) is 18.7 Å². The summed E-state index contributed by atoms with van der Waals surface area (Å²) in [6, 6.07) is 0. The quantitative estimate of drug-likeness (QED) is 0.775. The summed E-state index contributed by atoms with van der Waals surface area (Å²) < 4.78 is 24.6. The Bertz CT molecular complexity index is 221. The molecule has 2 nitrogen and oxygen atoms in total. The lowest BCUT2D eigenvalue weighted by atomic mass is 9.93. The second-order valence-electron chi connectivity index (χ2n) is 3.63. The van der Waals surface area contributed by atoms with Gasteiger partial charge in [0.2, 0.25) is 0 Å². The van der Waals surface area contributed by atoms with Crippen LogP contribution in [0.25, 0.3) is 0 Å². The number of halogens is 2. The first kappa shape index (κ1) is 14.5. The number of hydrogen-bond acceptors (Lipinski definition) is 2. The first-order chi connectivity index (χ1) is 7.05. The van der Waals surface area contributed by atoms with Crippen molar-refractivity contribution in [3.8, 4) is 0 Å². The number of rotatable bonds is 2. The van der Waals surface area contributed by atoms with Gasteiger partial charge in [-0.1, -0.05) is 20.8 Å². The van der Waals surface area contributed by atoms with E-state index in [0.717, 1.165) is 0 Å². The van der Waals surface area contributed by atoms with Crippen molar-refractivity contribution >= 4 is 0 Å². The fraction of sp³-hybridized carbons (Fsp3) is 0.818. The minimum Gasteiger partial charge on any atom is -0.394 e. The van der Waals surface area contributed by atoms with E-state index in [9.17, 15) is 13.9 Å². The van der Waals surface area contributed by atoms with E-state index in [0.29, 0.717) is 12.8 Å². The molecule has 0 amide bonds. The van der Waals surface area contributed by atoms with Gasteiger partial charge in [0.1, 0.15) is 0 Å². The van der Waals surface area contributed by atoms with E-state index in [2.05, 4.69) is 0 Å². The molecule has 0 saturated carbocycles. The predicted octanol–water partition coefficient (Wildman–Crippen LogP) is 2.64. The third-order valence-electron chi connectivity index (χ3n) is 3.00. The molecule has 1 aliphatic rings. The van der Waals surface area contributed by atoms with Crippen LogP contribution in [0.1, 0.15) is 33.6 Å². The molecule has 1 N–H and O–H groups in total. The maximum absolute atomic E-state index is 12.3. The highest BCUT2D eigenvalue weighted by molar-refractivity contribution is 5.18. The van der Waals surface area contributed by atoms with Crippen molar-refractivity contribution in [1.82, 2.24) is 4.90 Å². The molecule has 1 saturated heterocycles. The maximum Gasteiger partial charge on any atom is 0.270 e. The number of aliphatic hydroxyl groups is 1. The largest absolute Gasteiger partial charge is 0.394 e. The molecule has 15 heavy (non-hydrogen) atoms. The van der Waals surface area contributed by atoms with Crippen molar-refractivity contribution in [2.75, 3.05) is 20.2 Å². The zero-order valence-electron chi connectivity index (χ0n) is 9.98. The molecule has 0 bridgehead atoms. The van der Waals surface area contributed by atoms with Crippen molar-refractivity contribution in [3.63, 3.8) is 0 Å². The van der Waals surface area contributed by atoms with Gasteiger partial charge >= 0.3 is 0 Å². The Morgan fingerprint density at radius 2 is 2.00 bits per heavy atom. The van der Waals surface area contributed by atoms with E-state index in [4.69, 9.17) is 0 Å². The number of hydrogen-bond donors (Lipinski definition) is 1. The molecule has 1 atom stereocenters. The van der Waals surface area contributed by atoms with Crippen molar-refractivity contribution in [1.29, 1.82) is 0 Å². The summed E-state index contributed by atoms with van der Waals surface area (Å²) in [6.07, 6.45) is -0.606. The van der Waals surface area contributed by atoms with Gasteiger partial charge in [0, 0.05) is 17.7 Å². The van der Waals surface area contributed by atoms with Gasteiger partial charge in [-0.25, -0.2) is 0 Å². The smallest absolute Gasteiger partial charge is 0.270 e. The summed E-state index contributed by atoms with van der Waals surface area (Å²) in [5.74, 6) is 0. The first-order valence-corrected chi connectivity index (χ1v) is 5.41. The molecule has 0 aliphatic carbocycles. The summed E-state index contributed by atoms with van der Waals surface area (Å²) in [4.78, 5) is 1.81. The molecular formula is C11H21F2NO. The maximum atomic E-state index is 12.3. The molecule has 1 aliphatic heterocycles. The predicted molar refractivity (Wildman–Crippen MR) is 57.9 cm³/mol. The van der Waals surface area contributed by atoms with Gasteiger partial charge in [0.25, 0.3) is 6.08 Å². The Kier molecular flexibility index (Phi) is 5.98. The Hall–Kier alpha value is -0.480. The third-order valence-corrected chi connectivity index (χ3v) is 3.00. The van der Waals surface area contributed by atoms with Gasteiger partial charge in [-0.05, 0) is 19.9 Å². The molecule has 4 heteroatoms. The highest BCUT2D eigenvalue weighted by atomic mass is 19.3. The molecule has 1 rings (SSSR count). The Morgan fingerprint density at radius 3 is 2.20 bits per heavy atom. The number of likely N-dealkylation sites (N-methyl/N-ethyl adjacent to an activating group) is 1. The van der Waals surface area contributed by atoms with Crippen LogP contribution >= 0.6 is 0 Å². The Labute approximate surface area is 90.6 Å². The summed E-state index contributed by atoms with van der Waals surface area (Å²) >= 11 is 0. The first-order valence-electron chi connectivity index (χ1n) is 5.41. The van der Waals surface area contributed by atoms with Crippen molar-refractivity contribution < 1.29 is 13.9 Å². The Balaban J connectivity index is 0.000000921. The number of nitrogens with zero attached hydrogens (tertiary/aromatic N) is 1. The van der Waals surface area contributed by atoms with E-state index < -0.39 is 11.6 Å². The second kappa shape index (κ2) is 6.18. The molecular weight excluding hydrogens is 200 g/mol. The van der Waals surface area contributed by atoms with Crippen LogP contribution in [0, 0.1) is 0 Å². The highest BCUT2D eigenvalue weighted by Crippen LogP contribution is 2.35. The lowest BCUT2D eigenvalue weighted by molar-refractivity contribution is 0.0805. The molecule has 0 aromatic rings. The Morgan fingerprint density at radius 1 is 1.47 bits per heavy atom. The number of aliphatic hydroxyl groups excluding tert-OH is 1. The SMILES string of the molecule is CC.CCC1(CO)CC(=C(F)F)CN1C. The highest BCUT2D eigenvalue weighted by Gasteiger charge is 2.40. The second-order valence-corrected chi connectivity index (χ2v) is 3.63. The van der Waals surface area contributed by atoms with Gasteiger partial charge in [0.15, 0.2) is 0 Å². The van der Waals surface area contributed by atoms with E-state index in [1.165, 1.54) is 0 Å². The van der Waals surface area contributed by atoms with Crippen molar-refractivity contribution in [2.45, 2.75) is 39.2 Å². The van der Waals surface area contributed by atoms with Gasteiger partial charge in [-0.3, -0.25) is 4.90 Å². The molecule has 0 radical (unpaired) electrons.